The van der Waals surface area contributed by atoms with E-state index in [0.29, 0.717) is 19.5 Å². The third-order valence-corrected chi connectivity index (χ3v) is 3.61. The molecular weight excluding hydrogens is 244 g/mol. The first-order valence-electron chi connectivity index (χ1n) is 7.44. The van der Waals surface area contributed by atoms with Crippen LogP contribution in [0.2, 0.25) is 0 Å². The lowest BCUT2D eigenvalue weighted by molar-refractivity contribution is -0.141. The maximum atomic E-state index is 11.8. The highest BCUT2D eigenvalue weighted by molar-refractivity contribution is 5.83. The van der Waals surface area contributed by atoms with Crippen molar-refractivity contribution in [3.8, 4) is 0 Å². The summed E-state index contributed by atoms with van der Waals surface area (Å²) in [6.45, 7) is 3.39. The number of carboxylic acid groups (broad SMARTS) is 1. The molecule has 5 heteroatoms. The number of likely N-dealkylation sites (tertiary alicyclic amines) is 1. The van der Waals surface area contributed by atoms with Gasteiger partial charge in [-0.15, -0.1) is 0 Å². The van der Waals surface area contributed by atoms with Crippen LogP contribution in [0.3, 0.4) is 0 Å². The Hall–Kier alpha value is -1.26. The molecule has 0 aliphatic carbocycles. The van der Waals surface area contributed by atoms with Gasteiger partial charge in [0.05, 0.1) is 0 Å². The monoisotopic (exact) mass is 270 g/mol. The maximum absolute atomic E-state index is 11.8. The number of rotatable bonds is 8. The van der Waals surface area contributed by atoms with Crippen LogP contribution in [-0.4, -0.2) is 41.1 Å². The van der Waals surface area contributed by atoms with Crippen LogP contribution in [0.5, 0.6) is 0 Å². The first kappa shape index (κ1) is 15.8. The molecule has 5 nitrogen and oxygen atoms in total. The minimum atomic E-state index is -0.896. The molecule has 110 valence electrons. The summed E-state index contributed by atoms with van der Waals surface area (Å²) in [6.07, 6.45) is 8.44. The van der Waals surface area contributed by atoms with Crippen LogP contribution in [0.1, 0.15) is 58.3 Å². The van der Waals surface area contributed by atoms with Crippen LogP contribution >= 0.6 is 0 Å². The molecule has 0 radical (unpaired) electrons. The number of aliphatic carboxylic acids is 1. The van der Waals surface area contributed by atoms with Gasteiger partial charge in [-0.25, -0.2) is 9.59 Å². The van der Waals surface area contributed by atoms with Crippen molar-refractivity contribution >= 4 is 12.0 Å². The largest absolute Gasteiger partial charge is 0.480 e. The Morgan fingerprint density at radius 1 is 1.21 bits per heavy atom. The van der Waals surface area contributed by atoms with Gasteiger partial charge in [-0.1, -0.05) is 39.0 Å². The quantitative estimate of drug-likeness (QED) is 0.666. The van der Waals surface area contributed by atoms with Gasteiger partial charge in [0.1, 0.15) is 6.04 Å². The summed E-state index contributed by atoms with van der Waals surface area (Å²) >= 11 is 0. The number of urea groups is 1. The van der Waals surface area contributed by atoms with Crippen molar-refractivity contribution in [1.29, 1.82) is 0 Å². The number of amides is 2. The summed E-state index contributed by atoms with van der Waals surface area (Å²) < 4.78 is 0. The van der Waals surface area contributed by atoms with E-state index in [4.69, 9.17) is 5.11 Å². The van der Waals surface area contributed by atoms with Crippen molar-refractivity contribution in [1.82, 2.24) is 10.2 Å². The van der Waals surface area contributed by atoms with Crippen LogP contribution in [-0.2, 0) is 4.79 Å². The molecule has 0 aromatic carbocycles. The minimum Gasteiger partial charge on any atom is -0.480 e. The molecule has 2 amide bonds. The van der Waals surface area contributed by atoms with E-state index in [0.717, 1.165) is 19.3 Å². The lowest BCUT2D eigenvalue weighted by atomic mass is 10.1. The molecule has 1 fully saturated rings. The van der Waals surface area contributed by atoms with Gasteiger partial charge in [0.2, 0.25) is 0 Å². The van der Waals surface area contributed by atoms with E-state index in [1.54, 1.807) is 0 Å². The van der Waals surface area contributed by atoms with Crippen LogP contribution < -0.4 is 5.32 Å². The summed E-state index contributed by atoms with van der Waals surface area (Å²) in [7, 11) is 0. The molecule has 2 N–H and O–H groups in total. The maximum Gasteiger partial charge on any atom is 0.326 e. The van der Waals surface area contributed by atoms with Crippen molar-refractivity contribution in [3.05, 3.63) is 0 Å². The van der Waals surface area contributed by atoms with E-state index in [9.17, 15) is 9.59 Å². The Morgan fingerprint density at radius 3 is 2.58 bits per heavy atom. The van der Waals surface area contributed by atoms with Gasteiger partial charge in [0.15, 0.2) is 0 Å². The number of nitrogens with zero attached hydrogens (tertiary/aromatic N) is 1. The van der Waals surface area contributed by atoms with Gasteiger partial charge in [-0.2, -0.15) is 0 Å². The lowest BCUT2D eigenvalue weighted by Crippen LogP contribution is -2.46. The lowest BCUT2D eigenvalue weighted by Gasteiger charge is -2.21. The number of hydrogen-bond acceptors (Lipinski definition) is 2. The molecule has 1 heterocycles. The highest BCUT2D eigenvalue weighted by Gasteiger charge is 2.33. The van der Waals surface area contributed by atoms with Gasteiger partial charge in [-0.05, 0) is 19.3 Å². The molecule has 1 saturated heterocycles. The van der Waals surface area contributed by atoms with Crippen molar-refractivity contribution in [2.24, 2.45) is 0 Å². The fourth-order valence-corrected chi connectivity index (χ4v) is 2.47. The van der Waals surface area contributed by atoms with Crippen molar-refractivity contribution < 1.29 is 14.7 Å². The zero-order valence-electron chi connectivity index (χ0n) is 11.9. The van der Waals surface area contributed by atoms with E-state index < -0.39 is 12.0 Å². The number of carboxylic acids is 1. The van der Waals surface area contributed by atoms with E-state index in [1.807, 2.05) is 0 Å². The van der Waals surface area contributed by atoms with Crippen LogP contribution in [0.25, 0.3) is 0 Å². The average molecular weight is 270 g/mol. The van der Waals surface area contributed by atoms with Crippen LogP contribution in [0.4, 0.5) is 4.79 Å². The molecule has 19 heavy (non-hydrogen) atoms. The summed E-state index contributed by atoms with van der Waals surface area (Å²) in [5.74, 6) is -0.896. The normalized spacial score (nSPS) is 18.6. The molecule has 1 aliphatic rings. The second-order valence-corrected chi connectivity index (χ2v) is 5.19. The number of hydrogen-bond donors (Lipinski definition) is 2. The van der Waals surface area contributed by atoms with E-state index in [2.05, 4.69) is 12.2 Å². The molecule has 0 aromatic rings. The van der Waals surface area contributed by atoms with E-state index in [-0.39, 0.29) is 6.03 Å². The Kier molecular flexibility index (Phi) is 7.30. The summed E-state index contributed by atoms with van der Waals surface area (Å²) in [5, 5.41) is 11.8. The predicted octanol–water partition coefficient (Wildman–Crippen LogP) is 2.61. The van der Waals surface area contributed by atoms with Gasteiger partial charge >= 0.3 is 12.0 Å². The molecule has 1 atom stereocenters. The molecule has 0 spiro atoms. The third-order valence-electron chi connectivity index (χ3n) is 3.61. The van der Waals surface area contributed by atoms with Gasteiger partial charge in [-0.3, -0.25) is 0 Å². The summed E-state index contributed by atoms with van der Waals surface area (Å²) in [6, 6.07) is -0.858. The molecule has 1 aliphatic heterocycles. The highest BCUT2D eigenvalue weighted by atomic mass is 16.4. The van der Waals surface area contributed by atoms with Crippen molar-refractivity contribution in [2.45, 2.75) is 64.3 Å². The standard InChI is InChI=1S/C14H26N2O3/c1-2-3-4-5-6-7-10-15-14(19)16-11-8-9-12(16)13(17)18/h12H,2-11H2,1H3,(H,15,19)(H,17,18)/t12-/m1/s1. The fraction of sp³-hybridized carbons (Fsp3) is 0.857. The number of nitrogens with one attached hydrogen (secondary N) is 1. The Bertz CT molecular complexity index is 294. The Balaban J connectivity index is 2.12. The zero-order valence-corrected chi connectivity index (χ0v) is 11.9. The third kappa shape index (κ3) is 5.49. The molecule has 1 rings (SSSR count). The summed E-state index contributed by atoms with van der Waals surface area (Å²) in [5.41, 5.74) is 0. The van der Waals surface area contributed by atoms with Gasteiger partial charge in [0.25, 0.3) is 0 Å². The first-order chi connectivity index (χ1) is 9.16. The van der Waals surface area contributed by atoms with E-state index >= 15 is 0 Å². The smallest absolute Gasteiger partial charge is 0.326 e. The second-order valence-electron chi connectivity index (χ2n) is 5.19. The van der Waals surface area contributed by atoms with Gasteiger partial charge in [0, 0.05) is 13.1 Å². The Labute approximate surface area is 115 Å². The highest BCUT2D eigenvalue weighted by Crippen LogP contribution is 2.17. The number of unbranched alkanes of at least 4 members (excludes halogenated alkanes) is 5. The molecule has 0 aromatic heterocycles. The average Bonchev–Trinajstić information content (AvgIpc) is 2.87. The second kappa shape index (κ2) is 8.77. The topological polar surface area (TPSA) is 69.6 Å². The first-order valence-corrected chi connectivity index (χ1v) is 7.44. The summed E-state index contributed by atoms with van der Waals surface area (Å²) in [4.78, 5) is 24.3. The van der Waals surface area contributed by atoms with E-state index in [1.165, 1.54) is 30.6 Å². The van der Waals surface area contributed by atoms with Crippen molar-refractivity contribution in [3.63, 3.8) is 0 Å². The number of carbonyl (C=O) groups excluding carboxylic acids is 1. The molecule has 0 bridgehead atoms. The van der Waals surface area contributed by atoms with Crippen LogP contribution in [0, 0.1) is 0 Å². The number of carbonyl (C=O) groups is 2. The molecular formula is C14H26N2O3. The van der Waals surface area contributed by atoms with Crippen LogP contribution in [0.15, 0.2) is 0 Å². The SMILES string of the molecule is CCCCCCCCNC(=O)N1CCC[C@@H]1C(=O)O. The Morgan fingerprint density at radius 2 is 1.89 bits per heavy atom. The molecule has 0 saturated carbocycles. The molecule has 0 unspecified atom stereocenters. The predicted molar refractivity (Wildman–Crippen MR) is 74.1 cm³/mol. The van der Waals surface area contributed by atoms with Crippen molar-refractivity contribution in [2.75, 3.05) is 13.1 Å². The minimum absolute atomic E-state index is 0.224. The van der Waals surface area contributed by atoms with Gasteiger partial charge < -0.3 is 15.3 Å². The zero-order chi connectivity index (χ0) is 14.1. The fourth-order valence-electron chi connectivity index (χ4n) is 2.47.